The summed E-state index contributed by atoms with van der Waals surface area (Å²) in [4.78, 5) is 13.1. The smallest absolute Gasteiger partial charge is 0.191 e. The highest BCUT2D eigenvalue weighted by molar-refractivity contribution is 7.13. The largest absolute Gasteiger partial charge is 0.375 e. The van der Waals surface area contributed by atoms with Crippen molar-refractivity contribution in [3.05, 3.63) is 45.4 Å². The van der Waals surface area contributed by atoms with Gasteiger partial charge >= 0.3 is 0 Å². The number of anilines is 1. The molecule has 0 unspecified atom stereocenters. The Balaban J connectivity index is 1.37. The van der Waals surface area contributed by atoms with Crippen LogP contribution in [0, 0.1) is 0 Å². The van der Waals surface area contributed by atoms with E-state index in [2.05, 4.69) is 19.8 Å². The molecule has 0 atom stereocenters. The summed E-state index contributed by atoms with van der Waals surface area (Å²) < 4.78 is 5.62. The molecule has 2 aromatic rings. The molecule has 1 aliphatic rings. The molecule has 1 aliphatic heterocycles. The van der Waals surface area contributed by atoms with Crippen molar-refractivity contribution >= 4 is 45.6 Å². The van der Waals surface area contributed by atoms with Crippen molar-refractivity contribution in [2.45, 2.75) is 6.61 Å². The highest BCUT2D eigenvalue weighted by Crippen LogP contribution is 2.21. The molecule has 1 saturated heterocycles. The van der Waals surface area contributed by atoms with Crippen molar-refractivity contribution in [1.82, 2.24) is 9.88 Å². The molecule has 2 heterocycles. The van der Waals surface area contributed by atoms with E-state index in [0.717, 1.165) is 36.9 Å². The van der Waals surface area contributed by atoms with Gasteiger partial charge in [0, 0.05) is 47.8 Å². The Hall–Kier alpha value is -1.54. The number of thiazole rings is 1. The number of hydrogen-bond donors (Lipinski definition) is 1. The van der Waals surface area contributed by atoms with Crippen LogP contribution < -0.4 is 10.6 Å². The van der Waals surface area contributed by atoms with Gasteiger partial charge in [-0.05, 0) is 17.7 Å². The number of piperazine rings is 1. The lowest BCUT2D eigenvalue weighted by Gasteiger charge is -2.35. The third-order valence-corrected chi connectivity index (χ3v) is 5.49. The number of nitrogens with zero attached hydrogens (tertiary/aromatic N) is 4. The molecular weight excluding hydrogens is 393 g/mol. The zero-order valence-electron chi connectivity index (χ0n) is 14.3. The minimum absolute atomic E-state index is 0.428. The number of aliphatic imine (C=N–C) groups is 1. The molecule has 26 heavy (non-hydrogen) atoms. The van der Waals surface area contributed by atoms with Gasteiger partial charge in [0.1, 0.15) is 0 Å². The summed E-state index contributed by atoms with van der Waals surface area (Å²) in [5, 5.41) is 4.29. The molecule has 0 saturated carbocycles. The number of hydrogen-bond acceptors (Lipinski definition) is 5. The molecule has 3 rings (SSSR count). The SMILES string of the molecule is NC(=NCCOCc1ccc(Cl)cc1Cl)N1CCN(c2nccs2)CC1. The van der Waals surface area contributed by atoms with Crippen LogP contribution in [0.1, 0.15) is 5.56 Å². The van der Waals surface area contributed by atoms with Gasteiger partial charge in [-0.2, -0.15) is 0 Å². The summed E-state index contributed by atoms with van der Waals surface area (Å²) in [6, 6.07) is 5.38. The first kappa shape index (κ1) is 19.2. The minimum Gasteiger partial charge on any atom is -0.375 e. The van der Waals surface area contributed by atoms with Gasteiger partial charge in [0.25, 0.3) is 0 Å². The fourth-order valence-corrected chi connectivity index (χ4v) is 3.80. The van der Waals surface area contributed by atoms with Gasteiger partial charge in [-0.15, -0.1) is 11.3 Å². The van der Waals surface area contributed by atoms with Gasteiger partial charge in [-0.3, -0.25) is 4.99 Å². The molecule has 0 radical (unpaired) electrons. The van der Waals surface area contributed by atoms with E-state index < -0.39 is 0 Å². The van der Waals surface area contributed by atoms with Crippen LogP contribution in [0.2, 0.25) is 10.0 Å². The first-order valence-corrected chi connectivity index (χ1v) is 9.98. The van der Waals surface area contributed by atoms with E-state index in [1.54, 1.807) is 23.5 Å². The Morgan fingerprint density at radius 1 is 1.27 bits per heavy atom. The topological polar surface area (TPSA) is 67.0 Å². The lowest BCUT2D eigenvalue weighted by Crippen LogP contribution is -2.51. The van der Waals surface area contributed by atoms with Crippen molar-refractivity contribution < 1.29 is 4.74 Å². The van der Waals surface area contributed by atoms with Crippen LogP contribution in [0.15, 0.2) is 34.8 Å². The fraction of sp³-hybridized carbons (Fsp3) is 0.412. The summed E-state index contributed by atoms with van der Waals surface area (Å²) >= 11 is 13.7. The average Bonchev–Trinajstić information content (AvgIpc) is 3.18. The quantitative estimate of drug-likeness (QED) is 0.447. The van der Waals surface area contributed by atoms with Gasteiger partial charge in [-0.25, -0.2) is 4.98 Å². The Labute approximate surface area is 167 Å². The van der Waals surface area contributed by atoms with Crippen molar-refractivity contribution in [2.24, 2.45) is 10.7 Å². The van der Waals surface area contributed by atoms with Crippen molar-refractivity contribution in [3.63, 3.8) is 0 Å². The lowest BCUT2D eigenvalue weighted by molar-refractivity contribution is 0.128. The molecule has 1 aromatic carbocycles. The summed E-state index contributed by atoms with van der Waals surface area (Å²) in [6.45, 7) is 4.91. The van der Waals surface area contributed by atoms with E-state index in [-0.39, 0.29) is 0 Å². The van der Waals surface area contributed by atoms with Crippen LogP contribution in [-0.2, 0) is 11.3 Å². The average molecular weight is 414 g/mol. The second kappa shape index (κ2) is 9.41. The van der Waals surface area contributed by atoms with Gasteiger partial charge < -0.3 is 20.3 Å². The zero-order chi connectivity index (χ0) is 18.4. The molecule has 1 fully saturated rings. The molecular formula is C17H21Cl2N5OS. The summed E-state index contributed by atoms with van der Waals surface area (Å²) in [6.07, 6.45) is 1.83. The standard InChI is InChI=1S/C17H21Cl2N5OS/c18-14-2-1-13(15(19)11-14)12-25-9-3-21-16(20)23-5-7-24(8-6-23)17-22-4-10-26-17/h1-2,4,10-11H,3,5-9,12H2,(H2,20,21). The Bertz CT molecular complexity index is 733. The monoisotopic (exact) mass is 413 g/mol. The number of halogens is 2. The van der Waals surface area contributed by atoms with E-state index in [4.69, 9.17) is 33.7 Å². The third-order valence-electron chi connectivity index (χ3n) is 4.08. The molecule has 0 spiro atoms. The Kier molecular flexibility index (Phi) is 6.96. The molecule has 2 N–H and O–H groups in total. The Morgan fingerprint density at radius 2 is 2.08 bits per heavy atom. The molecule has 0 amide bonds. The minimum atomic E-state index is 0.428. The molecule has 1 aromatic heterocycles. The number of benzene rings is 1. The predicted octanol–water partition coefficient (Wildman–Crippen LogP) is 3.10. The molecule has 0 bridgehead atoms. The number of aromatic nitrogens is 1. The molecule has 9 heteroatoms. The summed E-state index contributed by atoms with van der Waals surface area (Å²) in [5.74, 6) is 0.567. The summed E-state index contributed by atoms with van der Waals surface area (Å²) in [5.41, 5.74) is 7.01. The number of guanidine groups is 1. The van der Waals surface area contributed by atoms with Gasteiger partial charge in [-0.1, -0.05) is 29.3 Å². The second-order valence-electron chi connectivity index (χ2n) is 5.82. The van der Waals surface area contributed by atoms with E-state index in [9.17, 15) is 0 Å². The van der Waals surface area contributed by atoms with Crippen molar-refractivity contribution in [2.75, 3.05) is 44.2 Å². The highest BCUT2D eigenvalue weighted by atomic mass is 35.5. The predicted molar refractivity (Wildman–Crippen MR) is 109 cm³/mol. The molecule has 0 aliphatic carbocycles. The van der Waals surface area contributed by atoms with Crippen molar-refractivity contribution in [3.8, 4) is 0 Å². The maximum atomic E-state index is 6.12. The van der Waals surface area contributed by atoms with Crippen LogP contribution in [0.3, 0.4) is 0 Å². The van der Waals surface area contributed by atoms with Gasteiger partial charge in [0.05, 0.1) is 19.8 Å². The van der Waals surface area contributed by atoms with Crippen LogP contribution in [0.5, 0.6) is 0 Å². The van der Waals surface area contributed by atoms with Crippen molar-refractivity contribution in [1.29, 1.82) is 0 Å². The number of nitrogens with two attached hydrogens (primary N) is 1. The van der Waals surface area contributed by atoms with Crippen LogP contribution in [0.4, 0.5) is 5.13 Å². The van der Waals surface area contributed by atoms with E-state index in [0.29, 0.717) is 35.8 Å². The zero-order valence-corrected chi connectivity index (χ0v) is 16.6. The third kappa shape index (κ3) is 5.23. The van der Waals surface area contributed by atoms with Crippen LogP contribution in [-0.4, -0.2) is 55.2 Å². The van der Waals surface area contributed by atoms with E-state index in [1.807, 2.05) is 17.6 Å². The van der Waals surface area contributed by atoms with E-state index >= 15 is 0 Å². The maximum Gasteiger partial charge on any atom is 0.191 e. The van der Waals surface area contributed by atoms with Crippen LogP contribution >= 0.6 is 34.5 Å². The second-order valence-corrected chi connectivity index (χ2v) is 7.53. The van der Waals surface area contributed by atoms with Crippen LogP contribution in [0.25, 0.3) is 0 Å². The number of ether oxygens (including phenoxy) is 1. The highest BCUT2D eigenvalue weighted by Gasteiger charge is 2.19. The fourth-order valence-electron chi connectivity index (χ4n) is 2.64. The molecule has 6 nitrogen and oxygen atoms in total. The van der Waals surface area contributed by atoms with Gasteiger partial charge in [0.2, 0.25) is 0 Å². The normalized spacial score (nSPS) is 15.5. The van der Waals surface area contributed by atoms with Gasteiger partial charge in [0.15, 0.2) is 11.1 Å². The Morgan fingerprint density at radius 3 is 2.77 bits per heavy atom. The lowest BCUT2D eigenvalue weighted by atomic mass is 10.2. The first-order chi connectivity index (χ1) is 12.6. The number of rotatable bonds is 6. The first-order valence-electron chi connectivity index (χ1n) is 8.34. The summed E-state index contributed by atoms with van der Waals surface area (Å²) in [7, 11) is 0. The molecule has 140 valence electrons. The maximum absolute atomic E-state index is 6.12. The van der Waals surface area contributed by atoms with E-state index in [1.165, 1.54) is 0 Å².